The van der Waals surface area contributed by atoms with E-state index < -0.39 is 48.6 Å². The number of nitrogens with zero attached hydrogens (tertiary/aromatic N) is 1. The standard InChI is InChI=1S/C10H14F3NO4/c1-5(2)7(15)14-4-9(18,10(11,12)13)3-6(14)8(16)17/h5-6,18H,3-4H2,1-2H3,(H,16,17)/t6-,9?/m0/s1. The number of amides is 1. The van der Waals surface area contributed by atoms with Gasteiger partial charge in [-0.1, -0.05) is 13.8 Å². The third-order valence-corrected chi connectivity index (χ3v) is 2.93. The topological polar surface area (TPSA) is 77.8 Å². The summed E-state index contributed by atoms with van der Waals surface area (Å²) in [6.45, 7) is 1.86. The van der Waals surface area contributed by atoms with E-state index in [1.54, 1.807) is 0 Å². The first kappa shape index (κ1) is 14.7. The van der Waals surface area contributed by atoms with Crippen molar-refractivity contribution in [2.75, 3.05) is 6.54 Å². The molecule has 0 saturated carbocycles. The summed E-state index contributed by atoms with van der Waals surface area (Å²) in [6.07, 6.45) is -6.00. The largest absolute Gasteiger partial charge is 0.480 e. The number of alkyl halides is 3. The molecule has 0 spiro atoms. The number of halogens is 3. The van der Waals surface area contributed by atoms with E-state index in [-0.39, 0.29) is 0 Å². The molecule has 0 aromatic carbocycles. The highest BCUT2D eigenvalue weighted by Crippen LogP contribution is 2.40. The summed E-state index contributed by atoms with van der Waals surface area (Å²) < 4.78 is 37.9. The van der Waals surface area contributed by atoms with E-state index in [1.165, 1.54) is 13.8 Å². The number of likely N-dealkylation sites (tertiary alicyclic amines) is 1. The second kappa shape index (κ2) is 4.42. The highest BCUT2D eigenvalue weighted by Gasteiger charge is 2.62. The first-order chi connectivity index (χ1) is 7.99. The van der Waals surface area contributed by atoms with Gasteiger partial charge in [0.15, 0.2) is 5.60 Å². The Labute approximate surface area is 101 Å². The van der Waals surface area contributed by atoms with Crippen molar-refractivity contribution in [3.8, 4) is 0 Å². The Bertz CT molecular complexity index is 369. The lowest BCUT2D eigenvalue weighted by atomic mass is 10.00. The fourth-order valence-corrected chi connectivity index (χ4v) is 1.88. The van der Waals surface area contributed by atoms with Crippen LogP contribution in [0, 0.1) is 5.92 Å². The van der Waals surface area contributed by atoms with Crippen LogP contribution >= 0.6 is 0 Å². The van der Waals surface area contributed by atoms with Crippen LogP contribution in [0.15, 0.2) is 0 Å². The van der Waals surface area contributed by atoms with Gasteiger partial charge in [0.2, 0.25) is 5.91 Å². The number of aliphatic carboxylic acids is 1. The molecule has 0 aromatic heterocycles. The van der Waals surface area contributed by atoms with Gasteiger partial charge in [-0.05, 0) is 0 Å². The van der Waals surface area contributed by atoms with E-state index in [1.807, 2.05) is 0 Å². The van der Waals surface area contributed by atoms with Crippen molar-refractivity contribution in [1.29, 1.82) is 0 Å². The number of β-amino-alcohol motifs (C(OH)–C–C–N with tert-alkyl or cyclic N) is 1. The van der Waals surface area contributed by atoms with Gasteiger partial charge in [-0.15, -0.1) is 0 Å². The monoisotopic (exact) mass is 269 g/mol. The molecule has 1 fully saturated rings. The summed E-state index contributed by atoms with van der Waals surface area (Å²) in [6, 6.07) is -1.65. The maximum Gasteiger partial charge on any atom is 0.419 e. The lowest BCUT2D eigenvalue weighted by Crippen LogP contribution is -2.48. The highest BCUT2D eigenvalue weighted by molar-refractivity contribution is 5.85. The van der Waals surface area contributed by atoms with Crippen molar-refractivity contribution in [3.05, 3.63) is 0 Å². The first-order valence-electron chi connectivity index (χ1n) is 5.32. The number of hydrogen-bond acceptors (Lipinski definition) is 3. The number of carbonyl (C=O) groups is 2. The Morgan fingerprint density at radius 2 is 1.89 bits per heavy atom. The third kappa shape index (κ3) is 2.43. The minimum atomic E-state index is -4.97. The van der Waals surface area contributed by atoms with Crippen molar-refractivity contribution in [1.82, 2.24) is 4.90 Å². The van der Waals surface area contributed by atoms with Gasteiger partial charge >= 0.3 is 12.1 Å². The summed E-state index contributed by atoms with van der Waals surface area (Å²) in [4.78, 5) is 23.1. The average molecular weight is 269 g/mol. The van der Waals surface area contributed by atoms with Crippen molar-refractivity contribution in [3.63, 3.8) is 0 Å². The fraction of sp³-hybridized carbons (Fsp3) is 0.800. The summed E-state index contributed by atoms with van der Waals surface area (Å²) in [5.41, 5.74) is -3.15. The molecule has 0 aromatic rings. The molecule has 2 atom stereocenters. The van der Waals surface area contributed by atoms with Crippen LogP contribution in [-0.2, 0) is 9.59 Å². The average Bonchev–Trinajstić information content (AvgIpc) is 2.55. The summed E-state index contributed by atoms with van der Waals surface area (Å²) >= 11 is 0. The van der Waals surface area contributed by atoms with Crippen LogP contribution in [0.1, 0.15) is 20.3 Å². The van der Waals surface area contributed by atoms with Gasteiger partial charge in [0.25, 0.3) is 0 Å². The van der Waals surface area contributed by atoms with Crippen LogP contribution in [0.4, 0.5) is 13.2 Å². The molecule has 104 valence electrons. The number of carboxylic acids is 1. The second-order valence-electron chi connectivity index (χ2n) is 4.71. The maximum atomic E-state index is 12.6. The molecule has 1 aliphatic heterocycles. The number of carbonyl (C=O) groups excluding carboxylic acids is 1. The van der Waals surface area contributed by atoms with Crippen LogP contribution in [0.5, 0.6) is 0 Å². The Morgan fingerprint density at radius 3 is 2.22 bits per heavy atom. The molecule has 1 aliphatic rings. The molecule has 8 heteroatoms. The molecule has 2 N–H and O–H groups in total. The van der Waals surface area contributed by atoms with Gasteiger partial charge in [-0.25, -0.2) is 4.79 Å². The van der Waals surface area contributed by atoms with Crippen LogP contribution in [0.3, 0.4) is 0 Å². The molecule has 5 nitrogen and oxygen atoms in total. The van der Waals surface area contributed by atoms with E-state index in [0.29, 0.717) is 4.90 Å². The maximum absolute atomic E-state index is 12.6. The van der Waals surface area contributed by atoms with Crippen LogP contribution in [0.25, 0.3) is 0 Å². The van der Waals surface area contributed by atoms with Gasteiger partial charge in [0.1, 0.15) is 6.04 Å². The van der Waals surface area contributed by atoms with Crippen LogP contribution in [-0.4, -0.2) is 51.4 Å². The summed E-state index contributed by atoms with van der Waals surface area (Å²) in [7, 11) is 0. The smallest absolute Gasteiger partial charge is 0.419 e. The zero-order chi connectivity index (χ0) is 14.3. The molecule has 1 heterocycles. The highest BCUT2D eigenvalue weighted by atomic mass is 19.4. The molecule has 0 bridgehead atoms. The zero-order valence-electron chi connectivity index (χ0n) is 9.86. The van der Waals surface area contributed by atoms with Crippen LogP contribution < -0.4 is 0 Å². The SMILES string of the molecule is CC(C)C(=O)N1CC(O)(C(F)(F)F)C[C@H]1C(=O)O. The molecule has 0 radical (unpaired) electrons. The predicted molar refractivity (Wildman–Crippen MR) is 53.6 cm³/mol. The second-order valence-corrected chi connectivity index (χ2v) is 4.71. The molecule has 1 saturated heterocycles. The predicted octanol–water partition coefficient (Wildman–Crippen LogP) is 0.621. The minimum Gasteiger partial charge on any atom is -0.480 e. The molecule has 1 unspecified atom stereocenters. The van der Waals surface area contributed by atoms with Crippen molar-refractivity contribution in [2.45, 2.75) is 38.1 Å². The zero-order valence-corrected chi connectivity index (χ0v) is 9.86. The quantitative estimate of drug-likeness (QED) is 0.770. The van der Waals surface area contributed by atoms with E-state index in [0.717, 1.165) is 0 Å². The summed E-state index contributed by atoms with van der Waals surface area (Å²) in [5.74, 6) is -2.91. The summed E-state index contributed by atoms with van der Waals surface area (Å²) in [5, 5.41) is 18.3. The molecule has 1 rings (SSSR count). The van der Waals surface area contributed by atoms with Gasteiger partial charge in [0.05, 0.1) is 6.54 Å². The van der Waals surface area contributed by atoms with Crippen LogP contribution in [0.2, 0.25) is 0 Å². The number of hydrogen-bond donors (Lipinski definition) is 2. The number of aliphatic hydroxyl groups is 1. The van der Waals surface area contributed by atoms with E-state index in [2.05, 4.69) is 0 Å². The van der Waals surface area contributed by atoms with Gasteiger partial charge in [-0.2, -0.15) is 13.2 Å². The molecular weight excluding hydrogens is 255 g/mol. The Balaban J connectivity index is 3.05. The van der Waals surface area contributed by atoms with Gasteiger partial charge in [0, 0.05) is 12.3 Å². The Hall–Kier alpha value is -1.31. The van der Waals surface area contributed by atoms with E-state index in [9.17, 15) is 27.9 Å². The van der Waals surface area contributed by atoms with Gasteiger partial charge in [-0.3, -0.25) is 4.79 Å². The number of carboxylic acid groups (broad SMARTS) is 1. The normalized spacial score (nSPS) is 28.8. The molecule has 0 aliphatic carbocycles. The Kier molecular flexibility index (Phi) is 3.62. The molecule has 1 amide bonds. The molecule has 18 heavy (non-hydrogen) atoms. The van der Waals surface area contributed by atoms with E-state index in [4.69, 9.17) is 5.11 Å². The van der Waals surface area contributed by atoms with Crippen molar-refractivity contribution < 1.29 is 33.0 Å². The lowest BCUT2D eigenvalue weighted by molar-refractivity contribution is -0.254. The van der Waals surface area contributed by atoms with Crippen molar-refractivity contribution in [2.24, 2.45) is 5.92 Å². The van der Waals surface area contributed by atoms with E-state index >= 15 is 0 Å². The fourth-order valence-electron chi connectivity index (χ4n) is 1.88. The third-order valence-electron chi connectivity index (χ3n) is 2.93. The minimum absolute atomic E-state index is 0.584. The molecular formula is C10H14F3NO4. The lowest BCUT2D eigenvalue weighted by Gasteiger charge is -2.26. The van der Waals surface area contributed by atoms with Gasteiger partial charge < -0.3 is 15.1 Å². The number of rotatable bonds is 2. The Morgan fingerprint density at radius 1 is 1.39 bits per heavy atom. The first-order valence-corrected chi connectivity index (χ1v) is 5.32. The van der Waals surface area contributed by atoms with Crippen molar-refractivity contribution >= 4 is 11.9 Å².